The molecule has 1 fully saturated rings. The molecule has 1 aliphatic rings. The van der Waals surface area contributed by atoms with Crippen LogP contribution in [-0.4, -0.2) is 27.7 Å². The van der Waals surface area contributed by atoms with E-state index in [9.17, 15) is 9.90 Å². The highest BCUT2D eigenvalue weighted by molar-refractivity contribution is 5.86. The molecule has 29 heavy (non-hydrogen) atoms. The number of phenolic OH excluding ortho intramolecular Hbond substituents is 1. The fraction of sp³-hybridized carbons (Fsp3) is 0.304. The molecule has 0 aliphatic carbocycles. The summed E-state index contributed by atoms with van der Waals surface area (Å²) in [5, 5.41) is 11.3. The van der Waals surface area contributed by atoms with Crippen molar-refractivity contribution >= 4 is 22.0 Å². The maximum atomic E-state index is 12.9. The predicted molar refractivity (Wildman–Crippen MR) is 112 cm³/mol. The minimum atomic E-state index is -0.434. The molecule has 0 bridgehead atoms. The van der Waals surface area contributed by atoms with Crippen LogP contribution >= 0.6 is 0 Å². The van der Waals surface area contributed by atoms with Crippen LogP contribution in [0, 0.1) is 0 Å². The summed E-state index contributed by atoms with van der Waals surface area (Å²) in [5.74, 6) is 0.771. The van der Waals surface area contributed by atoms with E-state index in [-0.39, 0.29) is 5.75 Å². The van der Waals surface area contributed by atoms with Gasteiger partial charge >= 0.3 is 5.63 Å². The highest BCUT2D eigenvalue weighted by Crippen LogP contribution is 2.29. The molecule has 0 spiro atoms. The van der Waals surface area contributed by atoms with Crippen molar-refractivity contribution in [2.24, 2.45) is 7.05 Å². The molecule has 3 heterocycles. The Morgan fingerprint density at radius 2 is 1.93 bits per heavy atom. The number of nitrogens with zero attached hydrogens (tertiary/aromatic N) is 2. The van der Waals surface area contributed by atoms with Crippen molar-refractivity contribution in [2.45, 2.75) is 25.8 Å². The normalized spacial score (nSPS) is 15.3. The summed E-state index contributed by atoms with van der Waals surface area (Å²) in [6, 6.07) is 13.1. The first kappa shape index (κ1) is 17.9. The fourth-order valence-electron chi connectivity index (χ4n) is 4.42. The number of aromatic hydroxyl groups is 1. The highest BCUT2D eigenvalue weighted by Gasteiger charge is 2.21. The Kier molecular flexibility index (Phi) is 4.36. The molecular formula is C23H24N3O3+. The summed E-state index contributed by atoms with van der Waals surface area (Å²) >= 11 is 0. The molecule has 6 heteroatoms. The van der Waals surface area contributed by atoms with Gasteiger partial charge in [0.15, 0.2) is 5.58 Å². The number of quaternary nitrogens is 1. The van der Waals surface area contributed by atoms with Gasteiger partial charge in [0.05, 0.1) is 29.7 Å². The Bertz CT molecular complexity index is 1270. The topological polar surface area (TPSA) is 72.7 Å². The molecule has 1 saturated heterocycles. The Labute approximate surface area is 168 Å². The number of aromatic nitrogens is 2. The van der Waals surface area contributed by atoms with Gasteiger partial charge in [0.2, 0.25) is 0 Å². The lowest BCUT2D eigenvalue weighted by atomic mass is 10.1. The number of phenols is 1. The molecule has 2 aromatic carbocycles. The van der Waals surface area contributed by atoms with Crippen LogP contribution < -0.4 is 10.5 Å². The number of likely N-dealkylation sites (tertiary alicyclic amines) is 1. The highest BCUT2D eigenvalue weighted by atomic mass is 16.4. The average molecular weight is 390 g/mol. The van der Waals surface area contributed by atoms with E-state index >= 15 is 0 Å². The first-order valence-electron chi connectivity index (χ1n) is 10.2. The van der Waals surface area contributed by atoms with E-state index in [1.807, 2.05) is 41.9 Å². The molecule has 148 valence electrons. The molecule has 4 aromatic rings. The number of imidazole rings is 1. The number of para-hydroxylation sites is 2. The van der Waals surface area contributed by atoms with Crippen molar-refractivity contribution < 1.29 is 14.4 Å². The van der Waals surface area contributed by atoms with Crippen LogP contribution in [0.1, 0.15) is 24.8 Å². The van der Waals surface area contributed by atoms with Crippen LogP contribution in [0.25, 0.3) is 33.4 Å². The second-order valence-electron chi connectivity index (χ2n) is 7.90. The lowest BCUT2D eigenvalue weighted by Gasteiger charge is -2.24. The summed E-state index contributed by atoms with van der Waals surface area (Å²) in [7, 11) is 1.90. The number of piperidine rings is 1. The van der Waals surface area contributed by atoms with Gasteiger partial charge in [0.25, 0.3) is 0 Å². The van der Waals surface area contributed by atoms with Gasteiger partial charge in [0, 0.05) is 12.4 Å². The molecule has 1 aliphatic heterocycles. The van der Waals surface area contributed by atoms with E-state index in [1.165, 1.54) is 24.2 Å². The maximum Gasteiger partial charge on any atom is 0.347 e. The zero-order valence-electron chi connectivity index (χ0n) is 16.4. The third-order valence-corrected chi connectivity index (χ3v) is 6.00. The summed E-state index contributed by atoms with van der Waals surface area (Å²) in [6.07, 6.45) is 3.66. The van der Waals surface area contributed by atoms with Crippen molar-refractivity contribution in [1.29, 1.82) is 0 Å². The van der Waals surface area contributed by atoms with Crippen molar-refractivity contribution in [1.82, 2.24) is 9.55 Å². The Balaban J connectivity index is 1.64. The smallest absolute Gasteiger partial charge is 0.347 e. The van der Waals surface area contributed by atoms with Crippen LogP contribution in [0.5, 0.6) is 5.75 Å². The van der Waals surface area contributed by atoms with Crippen molar-refractivity contribution in [2.75, 3.05) is 13.1 Å². The molecule has 5 rings (SSSR count). The van der Waals surface area contributed by atoms with E-state index in [2.05, 4.69) is 4.98 Å². The van der Waals surface area contributed by atoms with Gasteiger partial charge in [-0.15, -0.1) is 0 Å². The van der Waals surface area contributed by atoms with Gasteiger partial charge in [-0.1, -0.05) is 12.1 Å². The first-order chi connectivity index (χ1) is 14.1. The minimum absolute atomic E-state index is 0.189. The molecule has 0 atom stereocenters. The molecule has 2 aromatic heterocycles. The summed E-state index contributed by atoms with van der Waals surface area (Å²) in [6.45, 7) is 2.83. The zero-order valence-corrected chi connectivity index (χ0v) is 16.4. The van der Waals surface area contributed by atoms with Crippen LogP contribution in [0.15, 0.2) is 51.7 Å². The van der Waals surface area contributed by atoms with Crippen LogP contribution in [0.4, 0.5) is 0 Å². The Morgan fingerprint density at radius 3 is 2.72 bits per heavy atom. The van der Waals surface area contributed by atoms with E-state index in [0.717, 1.165) is 29.5 Å². The standard InChI is InChI=1S/C23H23N3O3/c1-25-19-8-4-3-7-18(19)24-22(25)16-13-15-9-10-20(27)17(21(15)29-23(16)28)14-26-11-5-2-6-12-26/h3-4,7-10,13,27H,2,5-6,11-12,14H2,1H3/p+1. The van der Waals surface area contributed by atoms with Crippen LogP contribution in [-0.2, 0) is 13.6 Å². The summed E-state index contributed by atoms with van der Waals surface area (Å²) in [5.41, 5.74) is 2.99. The summed E-state index contributed by atoms with van der Waals surface area (Å²) < 4.78 is 7.68. The van der Waals surface area contributed by atoms with Crippen molar-refractivity contribution in [3.63, 3.8) is 0 Å². The van der Waals surface area contributed by atoms with Gasteiger partial charge in [-0.25, -0.2) is 9.78 Å². The SMILES string of the molecule is Cn1c(-c2cc3ccc(O)c(C[NH+]4CCCCC4)c3oc2=O)nc2ccccc21. The van der Waals surface area contributed by atoms with Crippen LogP contribution in [0.3, 0.4) is 0 Å². The lowest BCUT2D eigenvalue weighted by molar-refractivity contribution is -0.918. The monoisotopic (exact) mass is 390 g/mol. The van der Waals surface area contributed by atoms with Crippen molar-refractivity contribution in [3.05, 3.63) is 58.4 Å². The maximum absolute atomic E-state index is 12.9. The van der Waals surface area contributed by atoms with Gasteiger partial charge in [-0.3, -0.25) is 0 Å². The van der Waals surface area contributed by atoms with E-state index in [4.69, 9.17) is 4.42 Å². The third-order valence-electron chi connectivity index (χ3n) is 6.00. The van der Waals surface area contributed by atoms with Gasteiger partial charge in [0.1, 0.15) is 23.7 Å². The number of benzene rings is 2. The second kappa shape index (κ2) is 7.04. The Hall–Kier alpha value is -3.12. The molecule has 0 saturated carbocycles. The van der Waals surface area contributed by atoms with Crippen LogP contribution in [0.2, 0.25) is 0 Å². The fourth-order valence-corrected chi connectivity index (χ4v) is 4.42. The minimum Gasteiger partial charge on any atom is -0.507 e. The number of nitrogens with one attached hydrogen (secondary N) is 1. The first-order valence-corrected chi connectivity index (χ1v) is 10.2. The largest absolute Gasteiger partial charge is 0.507 e. The predicted octanol–water partition coefficient (Wildman–Crippen LogP) is 2.62. The lowest BCUT2D eigenvalue weighted by Crippen LogP contribution is -3.11. The number of fused-ring (bicyclic) bond motifs is 2. The molecule has 0 unspecified atom stereocenters. The van der Waals surface area contributed by atoms with Gasteiger partial charge in [-0.05, 0) is 49.6 Å². The molecule has 0 radical (unpaired) electrons. The molecule has 0 amide bonds. The van der Waals surface area contributed by atoms with Gasteiger partial charge in [-0.2, -0.15) is 0 Å². The van der Waals surface area contributed by atoms with E-state index in [1.54, 1.807) is 12.1 Å². The van der Waals surface area contributed by atoms with Crippen molar-refractivity contribution in [3.8, 4) is 17.1 Å². The molecular weight excluding hydrogens is 366 g/mol. The molecule has 6 nitrogen and oxygen atoms in total. The number of hydrogen-bond acceptors (Lipinski definition) is 4. The summed E-state index contributed by atoms with van der Waals surface area (Å²) in [4.78, 5) is 19.0. The second-order valence-corrected chi connectivity index (χ2v) is 7.90. The average Bonchev–Trinajstić information content (AvgIpc) is 3.07. The van der Waals surface area contributed by atoms with E-state index < -0.39 is 5.63 Å². The number of rotatable bonds is 3. The Morgan fingerprint density at radius 1 is 1.14 bits per heavy atom. The van der Waals surface area contributed by atoms with E-state index in [0.29, 0.717) is 29.1 Å². The zero-order chi connectivity index (χ0) is 20.0. The quantitative estimate of drug-likeness (QED) is 0.528. The number of hydrogen-bond donors (Lipinski definition) is 2. The third kappa shape index (κ3) is 3.09. The number of aryl methyl sites for hydroxylation is 1. The van der Waals surface area contributed by atoms with Gasteiger partial charge < -0.3 is 19.0 Å². The molecule has 2 N–H and O–H groups in total.